The van der Waals surface area contributed by atoms with E-state index in [9.17, 15) is 9.59 Å². The Bertz CT molecular complexity index is 1440. The van der Waals surface area contributed by atoms with Gasteiger partial charge in [0.1, 0.15) is 6.54 Å². The first-order chi connectivity index (χ1) is 16.2. The minimum atomic E-state index is -0.312. The Morgan fingerprint density at radius 2 is 1.94 bits per heavy atom. The van der Waals surface area contributed by atoms with E-state index in [1.807, 2.05) is 42.5 Å². The third-order valence-corrected chi connectivity index (χ3v) is 5.86. The molecule has 0 bridgehead atoms. The molecule has 1 N–H and O–H groups in total. The number of fused-ring (bicyclic) bond motifs is 2. The van der Waals surface area contributed by atoms with Crippen molar-refractivity contribution in [2.45, 2.75) is 31.8 Å². The number of ether oxygens (including phenoxy) is 2. The predicted molar refractivity (Wildman–Crippen MR) is 118 cm³/mol. The Labute approximate surface area is 187 Å². The second-order valence-corrected chi connectivity index (χ2v) is 8.20. The number of aromatic nitrogens is 3. The minimum Gasteiger partial charge on any atom is -0.454 e. The van der Waals surface area contributed by atoms with Crippen molar-refractivity contribution in [1.82, 2.24) is 20.0 Å². The number of amides is 1. The van der Waals surface area contributed by atoms with Gasteiger partial charge in [-0.05, 0) is 36.6 Å². The zero-order valence-corrected chi connectivity index (χ0v) is 17.6. The topological polar surface area (TPSA) is 108 Å². The molecule has 0 unspecified atom stereocenters. The van der Waals surface area contributed by atoms with Gasteiger partial charge in [-0.1, -0.05) is 29.4 Å². The van der Waals surface area contributed by atoms with Crippen molar-refractivity contribution in [1.29, 1.82) is 0 Å². The predicted octanol–water partition coefficient (Wildman–Crippen LogP) is 2.97. The van der Waals surface area contributed by atoms with Crippen LogP contribution < -0.4 is 20.3 Å². The fraction of sp³-hybridized carbons (Fsp3) is 0.250. The standard InChI is InChI=1S/C24H20N4O5/c29-21(25-11-14-5-8-19-20(9-14)32-13-31-19)12-28-18-4-2-1-3-16(18)17(10-22(28)30)24-26-23(27-33-24)15-6-7-15/h1-5,8-10,15H,6-7,11-13H2,(H,25,29). The first kappa shape index (κ1) is 19.5. The molecule has 166 valence electrons. The largest absolute Gasteiger partial charge is 0.454 e. The van der Waals surface area contributed by atoms with Crippen LogP contribution in [0.25, 0.3) is 22.4 Å². The number of nitrogens with one attached hydrogen (secondary N) is 1. The fourth-order valence-electron chi connectivity index (χ4n) is 3.98. The van der Waals surface area contributed by atoms with Gasteiger partial charge in [0.05, 0.1) is 11.1 Å². The molecule has 9 heteroatoms. The number of rotatable bonds is 6. The highest BCUT2D eigenvalue weighted by Crippen LogP contribution is 2.39. The average molecular weight is 444 g/mol. The van der Waals surface area contributed by atoms with E-state index in [2.05, 4.69) is 15.5 Å². The van der Waals surface area contributed by atoms with Crippen LogP contribution in [0.1, 0.15) is 30.1 Å². The molecule has 9 nitrogen and oxygen atoms in total. The lowest BCUT2D eigenvalue weighted by Gasteiger charge is -2.12. The molecule has 0 spiro atoms. The molecule has 1 fully saturated rings. The van der Waals surface area contributed by atoms with Gasteiger partial charge >= 0.3 is 0 Å². The van der Waals surface area contributed by atoms with Gasteiger partial charge in [0.2, 0.25) is 12.7 Å². The summed E-state index contributed by atoms with van der Waals surface area (Å²) in [5.74, 6) is 2.42. The van der Waals surface area contributed by atoms with E-state index in [-0.39, 0.29) is 24.8 Å². The Morgan fingerprint density at radius 1 is 1.09 bits per heavy atom. The highest BCUT2D eigenvalue weighted by atomic mass is 16.7. The zero-order chi connectivity index (χ0) is 22.4. The molecule has 2 aromatic carbocycles. The number of carbonyl (C=O) groups is 1. The summed E-state index contributed by atoms with van der Waals surface area (Å²) >= 11 is 0. The van der Waals surface area contributed by atoms with E-state index in [4.69, 9.17) is 14.0 Å². The van der Waals surface area contributed by atoms with E-state index in [0.29, 0.717) is 46.8 Å². The summed E-state index contributed by atoms with van der Waals surface area (Å²) in [6, 6.07) is 14.4. The van der Waals surface area contributed by atoms with Crippen molar-refractivity contribution in [2.24, 2.45) is 0 Å². The quantitative estimate of drug-likeness (QED) is 0.487. The van der Waals surface area contributed by atoms with Gasteiger partial charge in [0.25, 0.3) is 11.4 Å². The molecule has 1 saturated carbocycles. The van der Waals surface area contributed by atoms with Crippen LogP contribution in [0.2, 0.25) is 0 Å². The van der Waals surface area contributed by atoms with Crippen LogP contribution >= 0.6 is 0 Å². The third-order valence-electron chi connectivity index (χ3n) is 5.86. The maximum Gasteiger partial charge on any atom is 0.258 e. The molecule has 1 aliphatic heterocycles. The maximum absolute atomic E-state index is 13.0. The first-order valence-corrected chi connectivity index (χ1v) is 10.8. The highest BCUT2D eigenvalue weighted by molar-refractivity contribution is 5.93. The van der Waals surface area contributed by atoms with Crippen molar-refractivity contribution < 1.29 is 18.8 Å². The number of para-hydroxylation sites is 1. The summed E-state index contributed by atoms with van der Waals surface area (Å²) in [6.45, 7) is 0.399. The lowest BCUT2D eigenvalue weighted by atomic mass is 10.1. The van der Waals surface area contributed by atoms with Crippen molar-refractivity contribution in [3.8, 4) is 23.0 Å². The Kier molecular flexibility index (Phi) is 4.60. The van der Waals surface area contributed by atoms with E-state index in [1.54, 1.807) is 0 Å². The Morgan fingerprint density at radius 3 is 2.82 bits per heavy atom. The zero-order valence-electron chi connectivity index (χ0n) is 17.6. The fourth-order valence-corrected chi connectivity index (χ4v) is 3.98. The van der Waals surface area contributed by atoms with Crippen molar-refractivity contribution >= 4 is 16.8 Å². The molecule has 2 aromatic heterocycles. The van der Waals surface area contributed by atoms with Crippen LogP contribution in [0, 0.1) is 0 Å². The van der Waals surface area contributed by atoms with Crippen LogP contribution in [0.4, 0.5) is 0 Å². The van der Waals surface area contributed by atoms with Crippen LogP contribution in [0.15, 0.2) is 57.8 Å². The van der Waals surface area contributed by atoms with E-state index < -0.39 is 0 Å². The van der Waals surface area contributed by atoms with Crippen LogP contribution in [-0.2, 0) is 17.9 Å². The summed E-state index contributed by atoms with van der Waals surface area (Å²) < 4.78 is 17.6. The molecule has 2 aliphatic rings. The minimum absolute atomic E-state index is 0.110. The number of pyridine rings is 1. The average Bonchev–Trinajstić information content (AvgIpc) is 3.37. The van der Waals surface area contributed by atoms with Gasteiger partial charge in [-0.25, -0.2) is 0 Å². The molecule has 1 aliphatic carbocycles. The van der Waals surface area contributed by atoms with Crippen LogP contribution in [0.5, 0.6) is 11.5 Å². The molecule has 4 aromatic rings. The number of hydrogen-bond donors (Lipinski definition) is 1. The molecule has 0 radical (unpaired) electrons. The van der Waals surface area contributed by atoms with Gasteiger partial charge in [-0.2, -0.15) is 4.98 Å². The Hall–Kier alpha value is -4.14. The van der Waals surface area contributed by atoms with Gasteiger partial charge < -0.3 is 19.3 Å². The first-order valence-electron chi connectivity index (χ1n) is 10.8. The summed E-state index contributed by atoms with van der Waals surface area (Å²) in [5.41, 5.74) is 1.77. The van der Waals surface area contributed by atoms with E-state index >= 15 is 0 Å². The summed E-state index contributed by atoms with van der Waals surface area (Å²) in [5, 5.41) is 7.69. The highest BCUT2D eigenvalue weighted by Gasteiger charge is 2.29. The monoisotopic (exact) mass is 444 g/mol. The van der Waals surface area contributed by atoms with Crippen LogP contribution in [-0.4, -0.2) is 27.4 Å². The lowest BCUT2D eigenvalue weighted by molar-refractivity contribution is -0.121. The van der Waals surface area contributed by atoms with Crippen molar-refractivity contribution in [3.63, 3.8) is 0 Å². The number of benzene rings is 2. The molecular weight excluding hydrogens is 424 g/mol. The maximum atomic E-state index is 13.0. The molecule has 0 saturated heterocycles. The normalized spacial score (nSPS) is 14.5. The molecule has 1 amide bonds. The second-order valence-electron chi connectivity index (χ2n) is 8.20. The number of carbonyl (C=O) groups excluding carboxylic acids is 1. The summed E-state index contributed by atoms with van der Waals surface area (Å²) in [4.78, 5) is 30.2. The van der Waals surface area contributed by atoms with Crippen molar-refractivity contribution in [3.05, 3.63) is 70.3 Å². The third kappa shape index (κ3) is 3.71. The number of nitrogens with zero attached hydrogens (tertiary/aromatic N) is 3. The van der Waals surface area contributed by atoms with Crippen LogP contribution in [0.3, 0.4) is 0 Å². The SMILES string of the molecule is O=C(Cn1c(=O)cc(-c2nc(C3CC3)no2)c2ccccc21)NCc1ccc2c(c1)OCO2. The van der Waals surface area contributed by atoms with Gasteiger partial charge in [0.15, 0.2) is 17.3 Å². The number of hydrogen-bond acceptors (Lipinski definition) is 7. The lowest BCUT2D eigenvalue weighted by Crippen LogP contribution is -2.32. The molecule has 6 rings (SSSR count). The van der Waals surface area contributed by atoms with Gasteiger partial charge in [0, 0.05) is 23.9 Å². The van der Waals surface area contributed by atoms with E-state index in [1.165, 1.54) is 10.6 Å². The molecular formula is C24H20N4O5. The molecule has 33 heavy (non-hydrogen) atoms. The Balaban J connectivity index is 1.25. The van der Waals surface area contributed by atoms with Crippen molar-refractivity contribution in [2.75, 3.05) is 6.79 Å². The van der Waals surface area contributed by atoms with Gasteiger partial charge in [-0.15, -0.1) is 0 Å². The smallest absolute Gasteiger partial charge is 0.258 e. The van der Waals surface area contributed by atoms with E-state index in [0.717, 1.165) is 23.8 Å². The molecule has 3 heterocycles. The molecule has 0 atom stereocenters. The van der Waals surface area contributed by atoms with Gasteiger partial charge in [-0.3, -0.25) is 14.2 Å². The summed E-state index contributed by atoms with van der Waals surface area (Å²) in [6.07, 6.45) is 2.12. The second kappa shape index (κ2) is 7.77. The summed E-state index contributed by atoms with van der Waals surface area (Å²) in [7, 11) is 0.